The Morgan fingerprint density at radius 1 is 1.14 bits per heavy atom. The van der Waals surface area contributed by atoms with E-state index in [1.807, 2.05) is 12.1 Å². The number of rotatable bonds is 2. The standard InChI is InChI=1S/C15H19N3O3/c19-15(14-10-3-1-2-4-11(10)17-18-14)16-9-5-6-12-13(7-9)21-8-20-12/h5-7,10-11,14,17-18H,1-4,8H2,(H,16,19). The fourth-order valence-electron chi connectivity index (χ4n) is 3.50. The maximum Gasteiger partial charge on any atom is 0.243 e. The number of benzene rings is 1. The maximum absolute atomic E-state index is 12.5. The number of hydrazine groups is 1. The summed E-state index contributed by atoms with van der Waals surface area (Å²) < 4.78 is 10.6. The van der Waals surface area contributed by atoms with Gasteiger partial charge in [-0.2, -0.15) is 0 Å². The van der Waals surface area contributed by atoms with Crippen LogP contribution >= 0.6 is 0 Å². The van der Waals surface area contributed by atoms with Crippen LogP contribution in [0, 0.1) is 5.92 Å². The van der Waals surface area contributed by atoms with E-state index in [2.05, 4.69) is 16.2 Å². The van der Waals surface area contributed by atoms with E-state index in [0.717, 1.165) is 24.3 Å². The molecule has 6 nitrogen and oxygen atoms in total. The minimum atomic E-state index is -0.166. The highest BCUT2D eigenvalue weighted by molar-refractivity contribution is 5.95. The molecule has 0 spiro atoms. The fraction of sp³-hybridized carbons (Fsp3) is 0.533. The summed E-state index contributed by atoms with van der Waals surface area (Å²) in [5, 5.41) is 2.97. The molecule has 112 valence electrons. The number of ether oxygens (including phenoxy) is 2. The van der Waals surface area contributed by atoms with Crippen LogP contribution in [0.5, 0.6) is 11.5 Å². The van der Waals surface area contributed by atoms with Gasteiger partial charge in [-0.25, -0.2) is 5.43 Å². The minimum absolute atomic E-state index is 0.00997. The average Bonchev–Trinajstić information content (AvgIpc) is 3.13. The third-order valence-corrected chi connectivity index (χ3v) is 4.59. The molecule has 2 fully saturated rings. The van der Waals surface area contributed by atoms with Crippen molar-refractivity contribution >= 4 is 11.6 Å². The van der Waals surface area contributed by atoms with Crippen molar-refractivity contribution in [2.75, 3.05) is 12.1 Å². The number of anilines is 1. The third kappa shape index (κ3) is 2.34. The van der Waals surface area contributed by atoms with Crippen molar-refractivity contribution in [3.8, 4) is 11.5 Å². The molecule has 3 N–H and O–H groups in total. The van der Waals surface area contributed by atoms with E-state index in [1.165, 1.54) is 12.8 Å². The predicted molar refractivity (Wildman–Crippen MR) is 77.0 cm³/mol. The highest BCUT2D eigenvalue weighted by Gasteiger charge is 2.40. The molecule has 0 aromatic heterocycles. The number of carbonyl (C=O) groups excluding carboxylic acids is 1. The average molecular weight is 289 g/mol. The maximum atomic E-state index is 12.5. The largest absolute Gasteiger partial charge is 0.454 e. The number of nitrogens with one attached hydrogen (secondary N) is 3. The van der Waals surface area contributed by atoms with Gasteiger partial charge < -0.3 is 14.8 Å². The van der Waals surface area contributed by atoms with Gasteiger partial charge in [0.15, 0.2) is 11.5 Å². The normalized spacial score (nSPS) is 30.0. The summed E-state index contributed by atoms with van der Waals surface area (Å²) in [4.78, 5) is 12.5. The van der Waals surface area contributed by atoms with E-state index in [1.54, 1.807) is 6.07 Å². The van der Waals surface area contributed by atoms with Crippen molar-refractivity contribution in [1.82, 2.24) is 10.9 Å². The summed E-state index contributed by atoms with van der Waals surface area (Å²) in [6.07, 6.45) is 4.69. The first-order valence-electron chi connectivity index (χ1n) is 7.53. The lowest BCUT2D eigenvalue weighted by molar-refractivity contribution is -0.118. The van der Waals surface area contributed by atoms with E-state index in [4.69, 9.17) is 9.47 Å². The number of fused-ring (bicyclic) bond motifs is 2. The molecule has 1 saturated heterocycles. The van der Waals surface area contributed by atoms with Crippen LogP contribution in [0.15, 0.2) is 18.2 Å². The van der Waals surface area contributed by atoms with Crippen LogP contribution in [0.2, 0.25) is 0 Å². The van der Waals surface area contributed by atoms with Crippen LogP contribution in [0.3, 0.4) is 0 Å². The molecular weight excluding hydrogens is 270 g/mol. The molecule has 0 bridgehead atoms. The van der Waals surface area contributed by atoms with E-state index in [9.17, 15) is 4.79 Å². The summed E-state index contributed by atoms with van der Waals surface area (Å²) in [7, 11) is 0. The highest BCUT2D eigenvalue weighted by Crippen LogP contribution is 2.35. The van der Waals surface area contributed by atoms with Gasteiger partial charge in [-0.15, -0.1) is 0 Å². The molecule has 1 amide bonds. The second-order valence-corrected chi connectivity index (χ2v) is 5.88. The molecule has 1 saturated carbocycles. The Labute approximate surface area is 123 Å². The first-order chi connectivity index (χ1) is 10.3. The van der Waals surface area contributed by atoms with Crippen LogP contribution in [-0.2, 0) is 4.79 Å². The number of hydrogen-bond acceptors (Lipinski definition) is 5. The van der Waals surface area contributed by atoms with Gasteiger partial charge >= 0.3 is 0 Å². The minimum Gasteiger partial charge on any atom is -0.454 e. The monoisotopic (exact) mass is 289 g/mol. The summed E-state index contributed by atoms with van der Waals surface area (Å²) in [6, 6.07) is 5.72. The van der Waals surface area contributed by atoms with Crippen molar-refractivity contribution in [2.24, 2.45) is 5.92 Å². The quantitative estimate of drug-likeness (QED) is 0.767. The first kappa shape index (κ1) is 12.9. The number of hydrogen-bond donors (Lipinski definition) is 3. The molecule has 2 heterocycles. The van der Waals surface area contributed by atoms with Gasteiger partial charge in [0.1, 0.15) is 6.04 Å². The zero-order valence-corrected chi connectivity index (χ0v) is 11.7. The Morgan fingerprint density at radius 3 is 2.95 bits per heavy atom. The predicted octanol–water partition coefficient (Wildman–Crippen LogP) is 1.39. The van der Waals surface area contributed by atoms with Crippen LogP contribution in [0.1, 0.15) is 25.7 Å². The Kier molecular flexibility index (Phi) is 3.20. The van der Waals surface area contributed by atoms with E-state index >= 15 is 0 Å². The van der Waals surface area contributed by atoms with Crippen molar-refractivity contribution in [2.45, 2.75) is 37.8 Å². The molecule has 4 rings (SSSR count). The van der Waals surface area contributed by atoms with Crippen molar-refractivity contribution < 1.29 is 14.3 Å². The van der Waals surface area contributed by atoms with Gasteiger partial charge in [0, 0.05) is 23.7 Å². The SMILES string of the molecule is O=C(Nc1ccc2c(c1)OCO2)C1NNC2CCCCC21. The molecule has 3 atom stereocenters. The van der Waals surface area contributed by atoms with Gasteiger partial charge in [0.2, 0.25) is 12.7 Å². The van der Waals surface area contributed by atoms with Gasteiger partial charge in [0.05, 0.1) is 0 Å². The van der Waals surface area contributed by atoms with Crippen LogP contribution in [0.25, 0.3) is 0 Å². The van der Waals surface area contributed by atoms with Crippen LogP contribution < -0.4 is 25.6 Å². The fourth-order valence-corrected chi connectivity index (χ4v) is 3.50. The van der Waals surface area contributed by atoms with Gasteiger partial charge in [-0.3, -0.25) is 10.2 Å². The Balaban J connectivity index is 1.46. The van der Waals surface area contributed by atoms with Crippen molar-refractivity contribution in [1.29, 1.82) is 0 Å². The lowest BCUT2D eigenvalue weighted by atomic mass is 9.81. The summed E-state index contributed by atoms with van der Waals surface area (Å²) >= 11 is 0. The molecule has 3 unspecified atom stereocenters. The molecule has 2 aliphatic heterocycles. The lowest BCUT2D eigenvalue weighted by Gasteiger charge is -2.26. The molecule has 1 aromatic carbocycles. The second-order valence-electron chi connectivity index (χ2n) is 5.88. The first-order valence-corrected chi connectivity index (χ1v) is 7.53. The summed E-state index contributed by atoms with van der Waals surface area (Å²) in [5.41, 5.74) is 7.16. The lowest BCUT2D eigenvalue weighted by Crippen LogP contribution is -2.42. The Bertz CT molecular complexity index is 563. The number of carbonyl (C=O) groups is 1. The highest BCUT2D eigenvalue weighted by atomic mass is 16.7. The summed E-state index contributed by atoms with van der Waals surface area (Å²) in [5.74, 6) is 1.80. The second kappa shape index (κ2) is 5.20. The molecule has 6 heteroatoms. The zero-order chi connectivity index (χ0) is 14.2. The molecule has 1 aliphatic carbocycles. The third-order valence-electron chi connectivity index (χ3n) is 4.59. The van der Waals surface area contributed by atoms with Gasteiger partial charge in [0.25, 0.3) is 0 Å². The molecule has 1 aromatic rings. The van der Waals surface area contributed by atoms with Crippen LogP contribution in [-0.4, -0.2) is 24.8 Å². The smallest absolute Gasteiger partial charge is 0.243 e. The number of amides is 1. The molecule has 0 radical (unpaired) electrons. The Morgan fingerprint density at radius 2 is 2.00 bits per heavy atom. The molecule has 21 heavy (non-hydrogen) atoms. The zero-order valence-electron chi connectivity index (χ0n) is 11.7. The molecular formula is C15H19N3O3. The molecule has 3 aliphatic rings. The van der Waals surface area contributed by atoms with E-state index in [-0.39, 0.29) is 18.7 Å². The van der Waals surface area contributed by atoms with Gasteiger partial charge in [-0.05, 0) is 25.0 Å². The van der Waals surface area contributed by atoms with Gasteiger partial charge in [-0.1, -0.05) is 12.8 Å². The van der Waals surface area contributed by atoms with E-state index in [0.29, 0.717) is 17.7 Å². The topological polar surface area (TPSA) is 71.6 Å². The van der Waals surface area contributed by atoms with Crippen LogP contribution in [0.4, 0.5) is 5.69 Å². The van der Waals surface area contributed by atoms with Crippen molar-refractivity contribution in [3.63, 3.8) is 0 Å². The summed E-state index contributed by atoms with van der Waals surface area (Å²) in [6.45, 7) is 0.241. The Hall–Kier alpha value is -1.79. The van der Waals surface area contributed by atoms with Crippen molar-refractivity contribution in [3.05, 3.63) is 18.2 Å². The van der Waals surface area contributed by atoms with E-state index < -0.39 is 0 Å².